The van der Waals surface area contributed by atoms with Gasteiger partial charge in [0.2, 0.25) is 10.0 Å². The monoisotopic (exact) mass is 376 g/mol. The van der Waals surface area contributed by atoms with E-state index in [0.717, 1.165) is 12.1 Å². The molecule has 2 heterocycles. The van der Waals surface area contributed by atoms with Crippen molar-refractivity contribution in [1.29, 1.82) is 0 Å². The van der Waals surface area contributed by atoms with Gasteiger partial charge in [0.25, 0.3) is 0 Å². The predicted molar refractivity (Wildman–Crippen MR) is 92.3 cm³/mol. The largest absolute Gasteiger partial charge is 0.495 e. The Labute approximate surface area is 150 Å². The highest BCUT2D eigenvalue weighted by atomic mass is 32.2. The lowest BCUT2D eigenvalue weighted by Crippen LogP contribution is -2.31. The van der Waals surface area contributed by atoms with Gasteiger partial charge in [-0.15, -0.1) is 0 Å². The number of furan rings is 1. The lowest BCUT2D eigenvalue weighted by atomic mass is 10.3. The molecule has 1 aromatic carbocycles. The Balaban J connectivity index is 2.03. The highest BCUT2D eigenvalue weighted by Gasteiger charge is 2.29. The molecule has 0 N–H and O–H groups in total. The Morgan fingerprint density at radius 2 is 2.00 bits per heavy atom. The SMILES string of the molecule is COc1ccc(F)cc1S(=O)(=O)N(Cc1ccccn1)Cc1ccco1. The second-order valence-electron chi connectivity index (χ2n) is 5.47. The van der Waals surface area contributed by atoms with Gasteiger partial charge < -0.3 is 9.15 Å². The Bertz CT molecular complexity index is 960. The van der Waals surface area contributed by atoms with E-state index in [2.05, 4.69) is 4.98 Å². The van der Waals surface area contributed by atoms with Gasteiger partial charge in [0.15, 0.2) is 0 Å². The highest BCUT2D eigenvalue weighted by molar-refractivity contribution is 7.89. The van der Waals surface area contributed by atoms with E-state index < -0.39 is 15.8 Å². The summed E-state index contributed by atoms with van der Waals surface area (Å²) in [7, 11) is -2.74. The number of halogens is 1. The van der Waals surface area contributed by atoms with Gasteiger partial charge in [0.1, 0.15) is 22.2 Å². The van der Waals surface area contributed by atoms with Crippen molar-refractivity contribution < 1.29 is 22.0 Å². The maximum atomic E-state index is 13.7. The molecule has 2 aromatic heterocycles. The summed E-state index contributed by atoms with van der Waals surface area (Å²) >= 11 is 0. The van der Waals surface area contributed by atoms with Crippen LogP contribution in [0.25, 0.3) is 0 Å². The minimum absolute atomic E-state index is 0.00351. The van der Waals surface area contributed by atoms with Crippen molar-refractivity contribution in [3.63, 3.8) is 0 Å². The molecule has 3 aromatic rings. The Morgan fingerprint density at radius 3 is 2.65 bits per heavy atom. The molecule has 26 heavy (non-hydrogen) atoms. The van der Waals surface area contributed by atoms with E-state index in [4.69, 9.17) is 9.15 Å². The average molecular weight is 376 g/mol. The Morgan fingerprint density at radius 1 is 1.15 bits per heavy atom. The van der Waals surface area contributed by atoms with Gasteiger partial charge in [-0.25, -0.2) is 12.8 Å². The van der Waals surface area contributed by atoms with Crippen LogP contribution >= 0.6 is 0 Å². The summed E-state index contributed by atoms with van der Waals surface area (Å²) in [6.45, 7) is -0.0187. The second kappa shape index (κ2) is 7.67. The summed E-state index contributed by atoms with van der Waals surface area (Å²) in [5, 5.41) is 0. The molecule has 3 rings (SSSR count). The number of aromatic nitrogens is 1. The molecule has 0 aliphatic carbocycles. The summed E-state index contributed by atoms with van der Waals surface area (Å²) in [4.78, 5) is 3.93. The van der Waals surface area contributed by atoms with Gasteiger partial charge in [-0.2, -0.15) is 4.31 Å². The first kappa shape index (κ1) is 18.1. The molecular formula is C18H17FN2O4S. The van der Waals surface area contributed by atoms with Crippen molar-refractivity contribution in [2.24, 2.45) is 0 Å². The first-order chi connectivity index (χ1) is 12.5. The van der Waals surface area contributed by atoms with Crippen LogP contribution in [0.5, 0.6) is 5.75 Å². The minimum Gasteiger partial charge on any atom is -0.495 e. The second-order valence-corrected chi connectivity index (χ2v) is 7.38. The number of nitrogens with zero attached hydrogens (tertiary/aromatic N) is 2. The van der Waals surface area contributed by atoms with E-state index in [1.165, 1.54) is 23.7 Å². The van der Waals surface area contributed by atoms with Crippen molar-refractivity contribution in [2.45, 2.75) is 18.0 Å². The number of benzene rings is 1. The van der Waals surface area contributed by atoms with Crippen molar-refractivity contribution in [1.82, 2.24) is 9.29 Å². The van der Waals surface area contributed by atoms with E-state index in [0.29, 0.717) is 11.5 Å². The number of pyridine rings is 1. The fourth-order valence-electron chi connectivity index (χ4n) is 2.47. The molecule has 136 valence electrons. The fourth-order valence-corrected chi connectivity index (χ4v) is 4.01. The summed E-state index contributed by atoms with van der Waals surface area (Å²) in [6.07, 6.45) is 3.04. The lowest BCUT2D eigenvalue weighted by Gasteiger charge is -2.22. The molecule has 8 heteroatoms. The zero-order valence-electron chi connectivity index (χ0n) is 14.0. The molecule has 0 aliphatic heterocycles. The first-order valence-corrected chi connectivity index (χ1v) is 9.20. The fraction of sp³-hybridized carbons (Fsp3) is 0.167. The van der Waals surface area contributed by atoms with Crippen LogP contribution in [0.4, 0.5) is 4.39 Å². The van der Waals surface area contributed by atoms with Gasteiger partial charge in [-0.1, -0.05) is 6.07 Å². The number of hydrogen-bond acceptors (Lipinski definition) is 5. The molecular weight excluding hydrogens is 359 g/mol. The Kier molecular flexibility index (Phi) is 5.34. The van der Waals surface area contributed by atoms with E-state index in [1.807, 2.05) is 0 Å². The lowest BCUT2D eigenvalue weighted by molar-refractivity contribution is 0.350. The third-order valence-corrected chi connectivity index (χ3v) is 5.53. The van der Waals surface area contributed by atoms with Crippen molar-refractivity contribution in [2.75, 3.05) is 7.11 Å². The van der Waals surface area contributed by atoms with Crippen LogP contribution in [0.3, 0.4) is 0 Å². The quantitative estimate of drug-likeness (QED) is 0.633. The van der Waals surface area contributed by atoms with Crippen LogP contribution in [-0.4, -0.2) is 24.8 Å². The summed E-state index contributed by atoms with van der Waals surface area (Å²) in [5.41, 5.74) is 0.554. The van der Waals surface area contributed by atoms with E-state index in [1.54, 1.807) is 36.5 Å². The predicted octanol–water partition coefficient (Wildman–Crippen LogP) is 3.21. The maximum absolute atomic E-state index is 13.7. The topological polar surface area (TPSA) is 72.6 Å². The molecule has 0 amide bonds. The number of hydrogen-bond donors (Lipinski definition) is 0. The zero-order valence-corrected chi connectivity index (χ0v) is 14.8. The number of rotatable bonds is 7. The smallest absolute Gasteiger partial charge is 0.247 e. The number of methoxy groups -OCH3 is 1. The minimum atomic E-state index is -4.07. The molecule has 6 nitrogen and oxygen atoms in total. The number of sulfonamides is 1. The summed E-state index contributed by atoms with van der Waals surface area (Å²) in [5.74, 6) is -0.142. The normalized spacial score (nSPS) is 11.7. The van der Waals surface area contributed by atoms with E-state index >= 15 is 0 Å². The van der Waals surface area contributed by atoms with Crippen molar-refractivity contribution in [3.8, 4) is 5.75 Å². The molecule has 0 spiro atoms. The molecule has 0 saturated heterocycles. The molecule has 0 radical (unpaired) electrons. The standard InChI is InChI=1S/C18H17FN2O4S/c1-24-17-8-7-14(19)11-18(17)26(22,23)21(13-16-6-4-10-25-16)12-15-5-2-3-9-20-15/h2-11H,12-13H2,1H3. The van der Waals surface area contributed by atoms with Crippen LogP contribution in [0.15, 0.2) is 70.3 Å². The summed E-state index contributed by atoms with van der Waals surface area (Å²) in [6, 6.07) is 11.9. The van der Waals surface area contributed by atoms with Crippen LogP contribution in [0.1, 0.15) is 11.5 Å². The van der Waals surface area contributed by atoms with E-state index in [9.17, 15) is 12.8 Å². The van der Waals surface area contributed by atoms with Crippen molar-refractivity contribution in [3.05, 3.63) is 78.3 Å². The van der Waals surface area contributed by atoms with Gasteiger partial charge in [-0.05, 0) is 42.5 Å². The molecule has 0 fully saturated rings. The van der Waals surface area contributed by atoms with Crippen LogP contribution in [-0.2, 0) is 23.1 Å². The van der Waals surface area contributed by atoms with Crippen molar-refractivity contribution >= 4 is 10.0 Å². The third-order valence-electron chi connectivity index (χ3n) is 3.72. The van der Waals surface area contributed by atoms with E-state index in [-0.39, 0.29) is 23.7 Å². The van der Waals surface area contributed by atoms with Crippen LogP contribution in [0.2, 0.25) is 0 Å². The van der Waals surface area contributed by atoms with Gasteiger partial charge in [0, 0.05) is 6.20 Å². The molecule has 0 atom stereocenters. The summed E-state index contributed by atoms with van der Waals surface area (Å²) < 4.78 is 51.7. The van der Waals surface area contributed by atoms with Gasteiger partial charge >= 0.3 is 0 Å². The zero-order chi connectivity index (χ0) is 18.6. The maximum Gasteiger partial charge on any atom is 0.247 e. The van der Waals surface area contributed by atoms with Crippen LogP contribution < -0.4 is 4.74 Å². The van der Waals surface area contributed by atoms with Gasteiger partial charge in [-0.3, -0.25) is 4.98 Å². The molecule has 0 bridgehead atoms. The third kappa shape index (κ3) is 3.92. The number of ether oxygens (including phenoxy) is 1. The molecule has 0 aliphatic rings. The molecule has 0 saturated carbocycles. The molecule has 0 unspecified atom stereocenters. The van der Waals surface area contributed by atoms with Crippen LogP contribution in [0, 0.1) is 5.82 Å². The highest BCUT2D eigenvalue weighted by Crippen LogP contribution is 2.29. The first-order valence-electron chi connectivity index (χ1n) is 7.76. The Hall–Kier alpha value is -2.71. The average Bonchev–Trinajstić information content (AvgIpc) is 3.15. The van der Waals surface area contributed by atoms with Gasteiger partial charge in [0.05, 0.1) is 32.2 Å².